The van der Waals surface area contributed by atoms with Gasteiger partial charge >= 0.3 is 0 Å². The Hall–Kier alpha value is -0.750. The number of benzene rings is 1. The molecule has 1 fully saturated rings. The molecule has 0 radical (unpaired) electrons. The van der Waals surface area contributed by atoms with E-state index in [0.717, 1.165) is 10.9 Å². The number of aliphatic imine (C=N–C) groups is 1. The smallest absolute Gasteiger partial charge is 0.180 e. The van der Waals surface area contributed by atoms with E-state index in [1.165, 1.54) is 0 Å². The summed E-state index contributed by atoms with van der Waals surface area (Å²) in [6.45, 7) is 4.75. The van der Waals surface area contributed by atoms with Crippen LogP contribution in [0.3, 0.4) is 0 Å². The van der Waals surface area contributed by atoms with Gasteiger partial charge in [-0.15, -0.1) is 0 Å². The lowest BCUT2D eigenvalue weighted by molar-refractivity contribution is 0.205. The summed E-state index contributed by atoms with van der Waals surface area (Å²) in [7, 11) is 0. The number of halogens is 1. The van der Waals surface area contributed by atoms with Crippen molar-refractivity contribution in [3.63, 3.8) is 0 Å². The lowest BCUT2D eigenvalue weighted by Crippen LogP contribution is -2.43. The van der Waals surface area contributed by atoms with Crippen molar-refractivity contribution in [3.05, 3.63) is 29.3 Å². The molecule has 0 spiro atoms. The number of amidine groups is 1. The number of nitrogens with one attached hydrogen (secondary N) is 1. The highest BCUT2D eigenvalue weighted by molar-refractivity contribution is 8.15. The van der Waals surface area contributed by atoms with Crippen molar-refractivity contribution in [1.82, 2.24) is 10.4 Å². The monoisotopic (exact) mass is 285 g/mol. The van der Waals surface area contributed by atoms with Gasteiger partial charge in [-0.1, -0.05) is 23.4 Å². The fourth-order valence-electron chi connectivity index (χ4n) is 1.64. The van der Waals surface area contributed by atoms with Crippen molar-refractivity contribution in [1.29, 1.82) is 0 Å². The Labute approximate surface area is 116 Å². The lowest BCUT2D eigenvalue weighted by Gasteiger charge is -2.20. The topological polar surface area (TPSA) is 47.9 Å². The number of aliphatic hydroxyl groups is 1. The Morgan fingerprint density at radius 1 is 1.39 bits per heavy atom. The molecule has 2 rings (SSSR count). The largest absolute Gasteiger partial charge is 0.394 e. The first-order valence-corrected chi connectivity index (χ1v) is 6.89. The molecule has 4 nitrogen and oxygen atoms in total. The number of β-amino-alcohol motifs (C(OH)–C–C–N with tert-alkyl or cyclic N) is 1. The molecule has 0 bridgehead atoms. The van der Waals surface area contributed by atoms with Crippen LogP contribution in [0.25, 0.3) is 0 Å². The second kappa shape index (κ2) is 5.48. The van der Waals surface area contributed by atoms with Crippen molar-refractivity contribution in [3.8, 4) is 0 Å². The summed E-state index contributed by atoms with van der Waals surface area (Å²) in [6, 6.07) is 7.38. The fraction of sp³-hybridized carbons (Fsp3) is 0.417. The predicted molar refractivity (Wildman–Crippen MR) is 77.1 cm³/mol. The molecule has 0 aromatic heterocycles. The minimum Gasteiger partial charge on any atom is -0.394 e. The average Bonchev–Trinajstić information content (AvgIpc) is 2.57. The van der Waals surface area contributed by atoms with Gasteiger partial charge in [-0.3, -0.25) is 5.01 Å². The molecular weight excluding hydrogens is 270 g/mol. The van der Waals surface area contributed by atoms with E-state index >= 15 is 0 Å². The number of aliphatic hydroxyl groups excluding tert-OH is 1. The standard InChI is InChI=1S/C12H16ClN3OS/c1-12(2)15-16(7-8-17)11(18-12)14-10-5-3-9(13)4-6-10/h3-6,15,17H,7-8H2,1-2H3. The molecule has 0 amide bonds. The van der Waals surface area contributed by atoms with Crippen LogP contribution in [0.4, 0.5) is 5.69 Å². The molecule has 1 heterocycles. The van der Waals surface area contributed by atoms with E-state index in [4.69, 9.17) is 16.7 Å². The normalized spacial score (nSPS) is 20.7. The van der Waals surface area contributed by atoms with Gasteiger partial charge in [0.05, 0.1) is 23.7 Å². The van der Waals surface area contributed by atoms with Crippen molar-refractivity contribution >= 4 is 34.2 Å². The number of rotatable bonds is 3. The molecular formula is C12H16ClN3OS. The van der Waals surface area contributed by atoms with E-state index in [9.17, 15) is 0 Å². The molecule has 18 heavy (non-hydrogen) atoms. The van der Waals surface area contributed by atoms with E-state index in [2.05, 4.69) is 24.3 Å². The molecule has 0 unspecified atom stereocenters. The zero-order valence-electron chi connectivity index (χ0n) is 10.4. The maximum Gasteiger partial charge on any atom is 0.180 e. The van der Waals surface area contributed by atoms with Gasteiger partial charge in [0.25, 0.3) is 0 Å². The van der Waals surface area contributed by atoms with Crippen LogP contribution in [0.1, 0.15) is 13.8 Å². The van der Waals surface area contributed by atoms with E-state index in [1.54, 1.807) is 11.8 Å². The number of hydrogen-bond acceptors (Lipinski definition) is 4. The summed E-state index contributed by atoms with van der Waals surface area (Å²) in [5.74, 6) is 0. The van der Waals surface area contributed by atoms with Crippen molar-refractivity contribution < 1.29 is 5.11 Å². The first-order valence-electron chi connectivity index (χ1n) is 5.70. The highest BCUT2D eigenvalue weighted by atomic mass is 35.5. The SMILES string of the molecule is CC1(C)NN(CCO)C(=Nc2ccc(Cl)cc2)S1. The quantitative estimate of drug-likeness (QED) is 0.896. The summed E-state index contributed by atoms with van der Waals surface area (Å²) in [6.07, 6.45) is 0. The first-order chi connectivity index (χ1) is 8.50. The molecule has 0 aliphatic carbocycles. The molecule has 1 aromatic rings. The molecule has 1 aromatic carbocycles. The number of thioether (sulfide) groups is 1. The van der Waals surface area contributed by atoms with Crippen LogP contribution in [0.2, 0.25) is 5.02 Å². The maximum atomic E-state index is 9.05. The van der Waals surface area contributed by atoms with Crippen LogP contribution >= 0.6 is 23.4 Å². The summed E-state index contributed by atoms with van der Waals surface area (Å²) < 4.78 is 0. The maximum absolute atomic E-state index is 9.05. The molecule has 2 N–H and O–H groups in total. The van der Waals surface area contributed by atoms with Crippen molar-refractivity contribution in [2.75, 3.05) is 13.2 Å². The first kappa shape index (κ1) is 13.7. The van der Waals surface area contributed by atoms with E-state index in [-0.39, 0.29) is 11.5 Å². The third kappa shape index (κ3) is 3.38. The molecule has 0 atom stereocenters. The average molecular weight is 286 g/mol. The summed E-state index contributed by atoms with van der Waals surface area (Å²) in [5.41, 5.74) is 4.14. The van der Waals surface area contributed by atoms with Gasteiger partial charge in [0, 0.05) is 5.02 Å². The second-order valence-corrected chi connectivity index (χ2v) is 6.50. The Bertz CT molecular complexity index is 447. The highest BCUT2D eigenvalue weighted by Gasteiger charge is 2.34. The second-order valence-electron chi connectivity index (χ2n) is 4.47. The Balaban J connectivity index is 2.21. The lowest BCUT2D eigenvalue weighted by atomic mass is 10.3. The Kier molecular flexibility index (Phi) is 4.17. The zero-order chi connectivity index (χ0) is 13.2. The van der Waals surface area contributed by atoms with Crippen LogP contribution in [-0.2, 0) is 0 Å². The molecule has 98 valence electrons. The highest BCUT2D eigenvalue weighted by Crippen LogP contribution is 2.32. The van der Waals surface area contributed by atoms with Gasteiger partial charge in [0.15, 0.2) is 5.17 Å². The van der Waals surface area contributed by atoms with Crippen LogP contribution in [0.15, 0.2) is 29.3 Å². The number of nitrogens with zero attached hydrogens (tertiary/aromatic N) is 2. The number of hydrogen-bond donors (Lipinski definition) is 2. The van der Waals surface area contributed by atoms with Gasteiger partial charge in [-0.05, 0) is 38.1 Å². The van der Waals surface area contributed by atoms with Crippen molar-refractivity contribution in [2.45, 2.75) is 18.7 Å². The van der Waals surface area contributed by atoms with E-state index in [0.29, 0.717) is 11.6 Å². The molecule has 0 saturated carbocycles. The van der Waals surface area contributed by atoms with E-state index in [1.807, 2.05) is 29.3 Å². The molecule has 6 heteroatoms. The number of hydrazine groups is 1. The van der Waals surface area contributed by atoms with Crippen LogP contribution in [0.5, 0.6) is 0 Å². The van der Waals surface area contributed by atoms with Crippen LogP contribution in [0, 0.1) is 0 Å². The van der Waals surface area contributed by atoms with Gasteiger partial charge in [0.2, 0.25) is 0 Å². The Morgan fingerprint density at radius 3 is 2.67 bits per heavy atom. The van der Waals surface area contributed by atoms with Gasteiger partial charge in [0.1, 0.15) is 0 Å². The van der Waals surface area contributed by atoms with Gasteiger partial charge in [-0.2, -0.15) is 0 Å². The zero-order valence-corrected chi connectivity index (χ0v) is 11.9. The molecule has 1 saturated heterocycles. The van der Waals surface area contributed by atoms with Crippen LogP contribution < -0.4 is 5.43 Å². The van der Waals surface area contributed by atoms with E-state index < -0.39 is 0 Å². The minimum atomic E-state index is -0.111. The minimum absolute atomic E-state index is 0.0866. The fourth-order valence-corrected chi connectivity index (χ4v) is 2.78. The third-order valence-electron chi connectivity index (χ3n) is 2.36. The van der Waals surface area contributed by atoms with Gasteiger partial charge in [-0.25, -0.2) is 10.4 Å². The molecule has 1 aliphatic heterocycles. The Morgan fingerprint density at radius 2 is 2.06 bits per heavy atom. The summed E-state index contributed by atoms with van der Waals surface area (Å²) >= 11 is 7.48. The third-order valence-corrected chi connectivity index (χ3v) is 3.70. The van der Waals surface area contributed by atoms with Crippen LogP contribution in [-0.4, -0.2) is 33.3 Å². The molecule has 1 aliphatic rings. The van der Waals surface area contributed by atoms with Gasteiger partial charge < -0.3 is 5.11 Å². The predicted octanol–water partition coefficient (Wildman–Crippen LogP) is 2.61. The summed E-state index contributed by atoms with van der Waals surface area (Å²) in [5, 5.41) is 12.5. The summed E-state index contributed by atoms with van der Waals surface area (Å²) in [4.78, 5) is 4.46. The van der Waals surface area contributed by atoms with Crippen molar-refractivity contribution in [2.24, 2.45) is 4.99 Å².